The SMILES string of the molecule is CCOCCCCCCCCCOc1c[nH]c(C(=O)OCC)c1Cl. The number of carbonyl (C=O) groups is 1. The van der Waals surface area contributed by atoms with E-state index in [1.165, 1.54) is 25.7 Å². The molecular formula is C18H30ClNO4. The molecule has 0 fully saturated rings. The standard InChI is InChI=1S/C18H30ClNO4/c1-3-22-12-10-8-6-5-7-9-11-13-24-15-14-20-17(16(15)19)18(21)23-4-2/h14,20H,3-13H2,1-2H3. The van der Waals surface area contributed by atoms with Gasteiger partial charge in [-0.15, -0.1) is 0 Å². The number of esters is 1. The number of rotatable bonds is 14. The van der Waals surface area contributed by atoms with E-state index < -0.39 is 5.97 Å². The molecule has 1 heterocycles. The first kappa shape index (κ1) is 20.8. The van der Waals surface area contributed by atoms with Gasteiger partial charge in [0.2, 0.25) is 0 Å². The molecule has 0 unspecified atom stereocenters. The largest absolute Gasteiger partial charge is 0.490 e. The molecule has 0 aromatic carbocycles. The number of hydrogen-bond donors (Lipinski definition) is 1. The molecule has 24 heavy (non-hydrogen) atoms. The summed E-state index contributed by atoms with van der Waals surface area (Å²) in [5, 5.41) is 0.294. The lowest BCUT2D eigenvalue weighted by Gasteiger charge is -2.05. The molecule has 138 valence electrons. The van der Waals surface area contributed by atoms with Crippen LogP contribution < -0.4 is 4.74 Å². The van der Waals surface area contributed by atoms with Crippen molar-refractivity contribution in [3.05, 3.63) is 16.9 Å². The smallest absolute Gasteiger partial charge is 0.356 e. The number of unbranched alkanes of at least 4 members (excludes halogenated alkanes) is 6. The second-order valence-electron chi connectivity index (χ2n) is 5.58. The zero-order valence-corrected chi connectivity index (χ0v) is 15.6. The van der Waals surface area contributed by atoms with Gasteiger partial charge in [-0.2, -0.15) is 0 Å². The van der Waals surface area contributed by atoms with Crippen LogP contribution in [0.15, 0.2) is 6.20 Å². The molecular weight excluding hydrogens is 330 g/mol. The van der Waals surface area contributed by atoms with E-state index in [9.17, 15) is 4.79 Å². The van der Waals surface area contributed by atoms with E-state index in [0.717, 1.165) is 32.5 Å². The van der Waals surface area contributed by atoms with E-state index in [0.29, 0.717) is 24.0 Å². The first-order chi connectivity index (χ1) is 11.7. The van der Waals surface area contributed by atoms with Crippen molar-refractivity contribution in [3.63, 3.8) is 0 Å². The van der Waals surface area contributed by atoms with Gasteiger partial charge in [-0.25, -0.2) is 4.79 Å². The molecule has 0 amide bonds. The quantitative estimate of drug-likeness (QED) is 0.375. The number of halogens is 1. The number of nitrogens with one attached hydrogen (secondary N) is 1. The second-order valence-corrected chi connectivity index (χ2v) is 5.96. The molecule has 0 atom stereocenters. The van der Waals surface area contributed by atoms with E-state index in [1.807, 2.05) is 6.92 Å². The second kappa shape index (κ2) is 13.1. The van der Waals surface area contributed by atoms with Crippen LogP contribution in [0, 0.1) is 0 Å². The van der Waals surface area contributed by atoms with Gasteiger partial charge in [0.05, 0.1) is 13.2 Å². The van der Waals surface area contributed by atoms with Crippen molar-refractivity contribution in [2.24, 2.45) is 0 Å². The van der Waals surface area contributed by atoms with Crippen LogP contribution >= 0.6 is 11.6 Å². The Labute approximate surface area is 150 Å². The predicted molar refractivity (Wildman–Crippen MR) is 96.1 cm³/mol. The average Bonchev–Trinajstić information content (AvgIpc) is 2.94. The summed E-state index contributed by atoms with van der Waals surface area (Å²) in [5.74, 6) is 0.0531. The fourth-order valence-electron chi connectivity index (χ4n) is 2.36. The zero-order valence-electron chi connectivity index (χ0n) is 14.9. The monoisotopic (exact) mass is 359 g/mol. The Morgan fingerprint density at radius 1 is 1.00 bits per heavy atom. The molecule has 0 aliphatic carbocycles. The van der Waals surface area contributed by atoms with Crippen molar-refractivity contribution in [1.29, 1.82) is 0 Å². The van der Waals surface area contributed by atoms with Crippen molar-refractivity contribution in [2.45, 2.75) is 58.8 Å². The number of aromatic amines is 1. The maximum Gasteiger partial charge on any atom is 0.356 e. The van der Waals surface area contributed by atoms with Crippen molar-refractivity contribution in [3.8, 4) is 5.75 Å². The summed E-state index contributed by atoms with van der Waals surface area (Å²) in [6.45, 7) is 6.40. The normalized spacial score (nSPS) is 10.8. The van der Waals surface area contributed by atoms with Crippen molar-refractivity contribution in [1.82, 2.24) is 4.98 Å². The Bertz CT molecular complexity index is 462. The Kier molecular flexibility index (Phi) is 11.4. The van der Waals surface area contributed by atoms with Crippen LogP contribution in [-0.4, -0.2) is 37.4 Å². The molecule has 0 bridgehead atoms. The van der Waals surface area contributed by atoms with Crippen molar-refractivity contribution < 1.29 is 19.0 Å². The van der Waals surface area contributed by atoms with E-state index >= 15 is 0 Å². The fourth-order valence-corrected chi connectivity index (χ4v) is 2.60. The van der Waals surface area contributed by atoms with Crippen LogP contribution in [0.4, 0.5) is 0 Å². The molecule has 0 saturated heterocycles. The highest BCUT2D eigenvalue weighted by Crippen LogP contribution is 2.28. The minimum absolute atomic E-state index is 0.251. The maximum absolute atomic E-state index is 11.6. The summed E-state index contributed by atoms with van der Waals surface area (Å²) in [5.41, 5.74) is 0.251. The molecule has 0 spiro atoms. The summed E-state index contributed by atoms with van der Waals surface area (Å²) < 4.78 is 15.9. The van der Waals surface area contributed by atoms with Gasteiger partial charge in [-0.05, 0) is 26.7 Å². The van der Waals surface area contributed by atoms with Crippen LogP contribution in [0.2, 0.25) is 5.02 Å². The highest BCUT2D eigenvalue weighted by atomic mass is 35.5. The third-order valence-corrected chi connectivity index (χ3v) is 4.03. The van der Waals surface area contributed by atoms with Gasteiger partial charge >= 0.3 is 5.97 Å². The minimum atomic E-state index is -0.457. The van der Waals surface area contributed by atoms with Gasteiger partial charge in [0.1, 0.15) is 10.7 Å². The van der Waals surface area contributed by atoms with Crippen LogP contribution in [-0.2, 0) is 9.47 Å². The molecule has 0 aliphatic heterocycles. The lowest BCUT2D eigenvalue weighted by atomic mass is 10.1. The minimum Gasteiger partial charge on any atom is -0.490 e. The van der Waals surface area contributed by atoms with Gasteiger partial charge < -0.3 is 19.2 Å². The molecule has 1 N–H and O–H groups in total. The van der Waals surface area contributed by atoms with Gasteiger partial charge in [0.25, 0.3) is 0 Å². The number of hydrogen-bond acceptors (Lipinski definition) is 4. The maximum atomic E-state index is 11.6. The molecule has 5 nitrogen and oxygen atoms in total. The topological polar surface area (TPSA) is 60.5 Å². The van der Waals surface area contributed by atoms with Crippen molar-refractivity contribution >= 4 is 17.6 Å². The van der Waals surface area contributed by atoms with Gasteiger partial charge in [-0.3, -0.25) is 0 Å². The molecule has 1 rings (SSSR count). The summed E-state index contributed by atoms with van der Waals surface area (Å²) in [6, 6.07) is 0. The molecule has 6 heteroatoms. The molecule has 0 saturated carbocycles. The van der Waals surface area contributed by atoms with Crippen molar-refractivity contribution in [2.75, 3.05) is 26.4 Å². The van der Waals surface area contributed by atoms with Crippen LogP contribution in [0.5, 0.6) is 5.75 Å². The number of aromatic nitrogens is 1. The summed E-state index contributed by atoms with van der Waals surface area (Å²) in [6.07, 6.45) is 9.86. The first-order valence-corrected chi connectivity index (χ1v) is 9.33. The average molecular weight is 360 g/mol. The third kappa shape index (κ3) is 8.06. The summed E-state index contributed by atoms with van der Waals surface area (Å²) >= 11 is 6.12. The van der Waals surface area contributed by atoms with E-state index in [1.54, 1.807) is 13.1 Å². The Morgan fingerprint density at radius 2 is 1.62 bits per heavy atom. The molecule has 0 aliphatic rings. The fraction of sp³-hybridized carbons (Fsp3) is 0.722. The van der Waals surface area contributed by atoms with Crippen LogP contribution in [0.3, 0.4) is 0 Å². The lowest BCUT2D eigenvalue weighted by molar-refractivity contribution is 0.0520. The van der Waals surface area contributed by atoms with Crippen LogP contribution in [0.1, 0.15) is 69.3 Å². The van der Waals surface area contributed by atoms with E-state index in [-0.39, 0.29) is 5.69 Å². The van der Waals surface area contributed by atoms with Gasteiger partial charge in [0.15, 0.2) is 5.75 Å². The number of carbonyl (C=O) groups excluding carboxylic acids is 1. The van der Waals surface area contributed by atoms with Gasteiger partial charge in [0, 0.05) is 19.4 Å². The Morgan fingerprint density at radius 3 is 2.25 bits per heavy atom. The zero-order chi connectivity index (χ0) is 17.6. The van der Waals surface area contributed by atoms with Crippen LogP contribution in [0.25, 0.3) is 0 Å². The molecule has 0 radical (unpaired) electrons. The Hall–Kier alpha value is -1.20. The third-order valence-electron chi connectivity index (χ3n) is 3.66. The highest BCUT2D eigenvalue weighted by molar-refractivity contribution is 6.34. The van der Waals surface area contributed by atoms with Gasteiger partial charge in [-0.1, -0.05) is 43.7 Å². The van der Waals surface area contributed by atoms with E-state index in [4.69, 9.17) is 25.8 Å². The summed E-state index contributed by atoms with van der Waals surface area (Å²) in [7, 11) is 0. The van der Waals surface area contributed by atoms with E-state index in [2.05, 4.69) is 4.98 Å². The predicted octanol–water partition coefficient (Wildman–Crippen LogP) is 4.99. The molecule has 1 aromatic rings. The lowest BCUT2D eigenvalue weighted by Crippen LogP contribution is -2.05. The number of ether oxygens (including phenoxy) is 3. The first-order valence-electron chi connectivity index (χ1n) is 8.95. The highest BCUT2D eigenvalue weighted by Gasteiger charge is 2.17. The summed E-state index contributed by atoms with van der Waals surface area (Å²) in [4.78, 5) is 14.4. The molecule has 1 aromatic heterocycles. The number of H-pyrrole nitrogens is 1. The Balaban J connectivity index is 2.06.